The van der Waals surface area contributed by atoms with E-state index in [1.165, 1.54) is 0 Å². The Bertz CT molecular complexity index is 448. The van der Waals surface area contributed by atoms with Gasteiger partial charge in [0.2, 0.25) is 0 Å². The van der Waals surface area contributed by atoms with Crippen molar-refractivity contribution in [1.29, 1.82) is 5.41 Å². The predicted octanol–water partition coefficient (Wildman–Crippen LogP) is 1.87. The molecule has 0 aliphatic carbocycles. The summed E-state index contributed by atoms with van der Waals surface area (Å²) in [5.41, 5.74) is 6.24. The first kappa shape index (κ1) is 14.9. The van der Waals surface area contributed by atoms with Crippen molar-refractivity contribution in [3.05, 3.63) is 28.0 Å². The van der Waals surface area contributed by atoms with Gasteiger partial charge in [-0.05, 0) is 42.2 Å². The number of benzene rings is 1. The Kier molecular flexibility index (Phi) is 5.10. The number of nitrogens with two attached hydrogens (primary N) is 1. The van der Waals surface area contributed by atoms with Crippen molar-refractivity contribution in [2.75, 3.05) is 39.1 Å². The fourth-order valence-electron chi connectivity index (χ4n) is 1.51. The van der Waals surface area contributed by atoms with Crippen LogP contribution in [-0.4, -0.2) is 45.0 Å². The van der Waals surface area contributed by atoms with Gasteiger partial charge in [-0.15, -0.1) is 0 Å². The van der Waals surface area contributed by atoms with E-state index in [-0.39, 0.29) is 16.1 Å². The maximum absolute atomic E-state index is 14.1. The number of amidine groups is 1. The van der Waals surface area contributed by atoms with E-state index in [1.807, 2.05) is 30.9 Å². The molecule has 0 aliphatic rings. The molecule has 6 heteroatoms. The van der Waals surface area contributed by atoms with Gasteiger partial charge in [0.05, 0.1) is 10.2 Å². The molecule has 4 nitrogen and oxygen atoms in total. The molecule has 1 rings (SSSR count). The van der Waals surface area contributed by atoms with Gasteiger partial charge in [0, 0.05) is 25.7 Å². The minimum Gasteiger partial charge on any atom is -0.384 e. The summed E-state index contributed by atoms with van der Waals surface area (Å²) in [5, 5.41) is 7.35. The van der Waals surface area contributed by atoms with Crippen LogP contribution >= 0.6 is 15.9 Å². The molecule has 0 spiro atoms. The number of hydrogen-bond acceptors (Lipinski definition) is 3. The average Bonchev–Trinajstić information content (AvgIpc) is 2.29. The lowest BCUT2D eigenvalue weighted by atomic mass is 10.1. The second-order valence-electron chi connectivity index (χ2n) is 4.40. The number of rotatable bonds is 5. The van der Waals surface area contributed by atoms with E-state index in [0.29, 0.717) is 11.3 Å². The second-order valence-corrected chi connectivity index (χ2v) is 5.19. The van der Waals surface area contributed by atoms with Crippen LogP contribution in [0.4, 0.5) is 10.1 Å². The Hall–Kier alpha value is -1.14. The van der Waals surface area contributed by atoms with Crippen LogP contribution in [0.1, 0.15) is 5.56 Å². The zero-order chi connectivity index (χ0) is 13.9. The highest BCUT2D eigenvalue weighted by molar-refractivity contribution is 9.10. The van der Waals surface area contributed by atoms with Crippen molar-refractivity contribution in [3.63, 3.8) is 0 Å². The summed E-state index contributed by atoms with van der Waals surface area (Å²) in [6.07, 6.45) is 0. The van der Waals surface area contributed by atoms with Crippen LogP contribution in [0.2, 0.25) is 0 Å². The van der Waals surface area contributed by atoms with Gasteiger partial charge in [0.1, 0.15) is 5.84 Å². The first-order chi connectivity index (χ1) is 8.34. The van der Waals surface area contributed by atoms with Crippen LogP contribution in [0.25, 0.3) is 0 Å². The normalized spacial score (nSPS) is 10.8. The van der Waals surface area contributed by atoms with Crippen molar-refractivity contribution >= 4 is 27.5 Å². The Balaban J connectivity index is 2.97. The zero-order valence-corrected chi connectivity index (χ0v) is 12.4. The minimum absolute atomic E-state index is 0.150. The van der Waals surface area contributed by atoms with Gasteiger partial charge in [0.25, 0.3) is 0 Å². The Labute approximate surface area is 115 Å². The van der Waals surface area contributed by atoms with Crippen LogP contribution in [0.15, 0.2) is 16.6 Å². The van der Waals surface area contributed by atoms with Crippen LogP contribution in [0.5, 0.6) is 0 Å². The third-order valence-electron chi connectivity index (χ3n) is 2.65. The SMILES string of the molecule is CN(C)CCN(C)c1ccc(C(=N)N)c(Br)c1F. The van der Waals surface area contributed by atoms with Crippen molar-refractivity contribution in [2.45, 2.75) is 0 Å². The summed E-state index contributed by atoms with van der Waals surface area (Å²) in [6, 6.07) is 3.30. The van der Waals surface area contributed by atoms with Gasteiger partial charge in [-0.25, -0.2) is 4.39 Å². The number of nitrogen functional groups attached to an aromatic ring is 1. The van der Waals surface area contributed by atoms with Gasteiger partial charge in [-0.1, -0.05) is 0 Å². The molecule has 0 aromatic heterocycles. The molecule has 0 radical (unpaired) electrons. The molecule has 18 heavy (non-hydrogen) atoms. The topological polar surface area (TPSA) is 56.4 Å². The second kappa shape index (κ2) is 6.15. The molecule has 0 saturated heterocycles. The fraction of sp³-hybridized carbons (Fsp3) is 0.417. The van der Waals surface area contributed by atoms with Crippen LogP contribution < -0.4 is 10.6 Å². The van der Waals surface area contributed by atoms with E-state index in [9.17, 15) is 4.39 Å². The molecule has 0 bridgehead atoms. The Morgan fingerprint density at radius 3 is 2.44 bits per heavy atom. The molecule has 0 atom stereocenters. The highest BCUT2D eigenvalue weighted by Gasteiger charge is 2.15. The largest absolute Gasteiger partial charge is 0.384 e. The first-order valence-electron chi connectivity index (χ1n) is 5.53. The highest BCUT2D eigenvalue weighted by atomic mass is 79.9. The van der Waals surface area contributed by atoms with Gasteiger partial charge < -0.3 is 15.5 Å². The lowest BCUT2D eigenvalue weighted by Crippen LogP contribution is -2.29. The standard InChI is InChI=1S/C12H18BrFN4/c1-17(2)6-7-18(3)9-5-4-8(12(15)16)10(13)11(9)14/h4-5H,6-7H2,1-3H3,(H3,15,16). The summed E-state index contributed by atoms with van der Waals surface area (Å²) in [7, 11) is 5.78. The van der Waals surface area contributed by atoms with Crippen molar-refractivity contribution in [3.8, 4) is 0 Å². The highest BCUT2D eigenvalue weighted by Crippen LogP contribution is 2.28. The predicted molar refractivity (Wildman–Crippen MR) is 76.9 cm³/mol. The van der Waals surface area contributed by atoms with E-state index in [2.05, 4.69) is 15.9 Å². The van der Waals surface area contributed by atoms with Crippen LogP contribution in [0.3, 0.4) is 0 Å². The lowest BCUT2D eigenvalue weighted by molar-refractivity contribution is 0.415. The van der Waals surface area contributed by atoms with Gasteiger partial charge in [0.15, 0.2) is 5.82 Å². The summed E-state index contributed by atoms with van der Waals surface area (Å²) in [4.78, 5) is 3.87. The first-order valence-corrected chi connectivity index (χ1v) is 6.32. The van der Waals surface area contributed by atoms with E-state index in [4.69, 9.17) is 11.1 Å². The average molecular weight is 317 g/mol. The maximum Gasteiger partial charge on any atom is 0.161 e. The molecular weight excluding hydrogens is 299 g/mol. The van der Waals surface area contributed by atoms with Crippen molar-refractivity contribution in [1.82, 2.24) is 4.90 Å². The number of hydrogen-bond donors (Lipinski definition) is 2. The van der Waals surface area contributed by atoms with Gasteiger partial charge in [-0.3, -0.25) is 5.41 Å². The number of nitrogens with one attached hydrogen (secondary N) is 1. The quantitative estimate of drug-likeness (QED) is 0.644. The van der Waals surface area contributed by atoms with E-state index in [0.717, 1.165) is 13.1 Å². The molecule has 0 saturated carbocycles. The zero-order valence-electron chi connectivity index (χ0n) is 10.8. The van der Waals surface area contributed by atoms with E-state index in [1.54, 1.807) is 12.1 Å². The van der Waals surface area contributed by atoms with Gasteiger partial charge >= 0.3 is 0 Å². The number of halogens is 2. The van der Waals surface area contributed by atoms with Crippen LogP contribution in [0, 0.1) is 11.2 Å². The summed E-state index contributed by atoms with van der Waals surface area (Å²) < 4.78 is 14.4. The smallest absolute Gasteiger partial charge is 0.161 e. The van der Waals surface area contributed by atoms with E-state index < -0.39 is 0 Å². The van der Waals surface area contributed by atoms with Gasteiger partial charge in [-0.2, -0.15) is 0 Å². The molecular formula is C12H18BrFN4. The van der Waals surface area contributed by atoms with E-state index >= 15 is 0 Å². The molecule has 100 valence electrons. The molecule has 3 N–H and O–H groups in total. The third kappa shape index (κ3) is 3.43. The lowest BCUT2D eigenvalue weighted by Gasteiger charge is -2.23. The van der Waals surface area contributed by atoms with Crippen LogP contribution in [-0.2, 0) is 0 Å². The molecule has 0 aliphatic heterocycles. The summed E-state index contributed by atoms with van der Waals surface area (Å²) in [5.74, 6) is -0.535. The third-order valence-corrected chi connectivity index (χ3v) is 3.42. The number of anilines is 1. The molecule has 0 amide bonds. The fourth-order valence-corrected chi connectivity index (χ4v) is 2.06. The maximum atomic E-state index is 14.1. The Morgan fingerprint density at radius 1 is 1.33 bits per heavy atom. The Morgan fingerprint density at radius 2 is 1.94 bits per heavy atom. The number of nitrogens with zero attached hydrogens (tertiary/aromatic N) is 2. The summed E-state index contributed by atoms with van der Waals surface area (Å²) >= 11 is 3.15. The molecule has 0 unspecified atom stereocenters. The monoisotopic (exact) mass is 316 g/mol. The molecule has 1 aromatic carbocycles. The molecule has 0 fully saturated rings. The minimum atomic E-state index is -0.385. The van der Waals surface area contributed by atoms with Crippen molar-refractivity contribution in [2.24, 2.45) is 5.73 Å². The molecule has 1 aromatic rings. The van der Waals surface area contributed by atoms with Crippen molar-refractivity contribution < 1.29 is 4.39 Å². The number of likely N-dealkylation sites (N-methyl/N-ethyl adjacent to an activating group) is 2. The summed E-state index contributed by atoms with van der Waals surface area (Å²) in [6.45, 7) is 1.55. The molecule has 0 heterocycles.